The quantitative estimate of drug-likeness (QED) is 0.830. The van der Waals surface area contributed by atoms with Gasteiger partial charge < -0.3 is 19.4 Å². The van der Waals surface area contributed by atoms with Crippen molar-refractivity contribution in [2.24, 2.45) is 0 Å². The Labute approximate surface area is 133 Å². The van der Waals surface area contributed by atoms with E-state index >= 15 is 0 Å². The summed E-state index contributed by atoms with van der Waals surface area (Å²) in [7, 11) is 1.61. The van der Waals surface area contributed by atoms with Crippen LogP contribution >= 0.6 is 0 Å². The van der Waals surface area contributed by atoms with Crippen molar-refractivity contribution in [2.45, 2.75) is 13.5 Å². The van der Waals surface area contributed by atoms with E-state index < -0.39 is 0 Å². The molecular weight excluding hydrogens is 298 g/mol. The third-order valence-electron chi connectivity index (χ3n) is 3.24. The summed E-state index contributed by atoms with van der Waals surface area (Å²) in [4.78, 5) is 27.7. The normalized spacial score (nSPS) is 10.3. The van der Waals surface area contributed by atoms with Crippen molar-refractivity contribution in [3.63, 3.8) is 0 Å². The lowest BCUT2D eigenvalue weighted by atomic mass is 10.3. The molecule has 7 nitrogen and oxygen atoms in total. The highest BCUT2D eigenvalue weighted by atomic mass is 16.5. The number of hydrogen-bond donors (Lipinski definition) is 1. The van der Waals surface area contributed by atoms with Crippen molar-refractivity contribution in [1.29, 1.82) is 0 Å². The Morgan fingerprint density at radius 1 is 1.30 bits per heavy atom. The maximum Gasteiger partial charge on any atom is 0.262 e. The Kier molecular flexibility index (Phi) is 5.87. The van der Waals surface area contributed by atoms with Crippen molar-refractivity contribution < 1.29 is 14.3 Å². The summed E-state index contributed by atoms with van der Waals surface area (Å²) in [5.74, 6) is -0.171. The zero-order chi connectivity index (χ0) is 16.7. The Morgan fingerprint density at radius 3 is 2.74 bits per heavy atom. The molecule has 0 atom stereocenters. The fourth-order valence-electron chi connectivity index (χ4n) is 2.03. The summed E-state index contributed by atoms with van der Waals surface area (Å²) in [5.41, 5.74) is 1.02. The highest BCUT2D eigenvalue weighted by Crippen LogP contribution is 2.12. The number of nitrogens with zero attached hydrogens (tertiary/aromatic N) is 2. The van der Waals surface area contributed by atoms with Gasteiger partial charge in [-0.2, -0.15) is 0 Å². The van der Waals surface area contributed by atoms with Gasteiger partial charge >= 0.3 is 0 Å². The first-order valence-corrected chi connectivity index (χ1v) is 7.13. The molecule has 2 heterocycles. The monoisotopic (exact) mass is 317 g/mol. The molecule has 0 aliphatic carbocycles. The number of pyridine rings is 2. The third-order valence-corrected chi connectivity index (χ3v) is 3.24. The predicted molar refractivity (Wildman–Crippen MR) is 85.7 cm³/mol. The van der Waals surface area contributed by atoms with Gasteiger partial charge in [0.05, 0.1) is 12.3 Å². The maximum absolute atomic E-state index is 11.9. The molecule has 0 saturated carbocycles. The van der Waals surface area contributed by atoms with Crippen molar-refractivity contribution in [3.05, 3.63) is 52.7 Å². The highest BCUT2D eigenvalue weighted by molar-refractivity contribution is 5.91. The second-order valence-corrected chi connectivity index (χ2v) is 4.85. The standard InChI is InChI=1S/C16H19N3O4/c1-12-16(14(20)5-8-19(12)9-10-22-2)23-11-15(21)18-13-3-6-17-7-4-13/h3-8H,9-11H2,1-2H3,(H,17,18,21). The number of nitrogens with one attached hydrogen (secondary N) is 1. The molecule has 0 radical (unpaired) electrons. The van der Waals surface area contributed by atoms with Gasteiger partial charge in [0.1, 0.15) is 0 Å². The molecule has 0 aliphatic heterocycles. The number of carbonyl (C=O) groups is 1. The van der Waals surface area contributed by atoms with Gasteiger partial charge in [0.25, 0.3) is 5.91 Å². The van der Waals surface area contributed by atoms with Crippen molar-refractivity contribution >= 4 is 11.6 Å². The van der Waals surface area contributed by atoms with E-state index in [1.54, 1.807) is 44.8 Å². The predicted octanol–water partition coefficient (Wildman–Crippen LogP) is 1.22. The highest BCUT2D eigenvalue weighted by Gasteiger charge is 2.11. The lowest BCUT2D eigenvalue weighted by Crippen LogP contribution is -2.24. The van der Waals surface area contributed by atoms with E-state index in [-0.39, 0.29) is 23.7 Å². The number of methoxy groups -OCH3 is 1. The number of carbonyl (C=O) groups excluding carboxylic acids is 1. The van der Waals surface area contributed by atoms with Crippen LogP contribution in [0.25, 0.3) is 0 Å². The molecule has 1 N–H and O–H groups in total. The minimum atomic E-state index is -0.345. The molecular formula is C16H19N3O4. The average molecular weight is 317 g/mol. The van der Waals surface area contributed by atoms with Gasteiger partial charge in [-0.25, -0.2) is 0 Å². The van der Waals surface area contributed by atoms with Crippen LogP contribution in [0.15, 0.2) is 41.6 Å². The van der Waals surface area contributed by atoms with Gasteiger partial charge in [-0.05, 0) is 19.1 Å². The minimum Gasteiger partial charge on any atom is -0.478 e. The fraction of sp³-hybridized carbons (Fsp3) is 0.312. The molecule has 0 bridgehead atoms. The largest absolute Gasteiger partial charge is 0.478 e. The van der Waals surface area contributed by atoms with Crippen LogP contribution in [0.2, 0.25) is 0 Å². The van der Waals surface area contributed by atoms with Gasteiger partial charge in [-0.3, -0.25) is 14.6 Å². The molecule has 1 amide bonds. The number of aromatic nitrogens is 2. The first kappa shape index (κ1) is 16.7. The molecule has 0 aromatic carbocycles. The number of hydrogen-bond acceptors (Lipinski definition) is 5. The van der Waals surface area contributed by atoms with Crippen LogP contribution in [0.5, 0.6) is 5.75 Å². The topological polar surface area (TPSA) is 82.5 Å². The number of rotatable bonds is 7. The first-order valence-electron chi connectivity index (χ1n) is 7.13. The Hall–Kier alpha value is -2.67. The second kappa shape index (κ2) is 8.09. The maximum atomic E-state index is 11.9. The van der Waals surface area contributed by atoms with Crippen LogP contribution in [0, 0.1) is 6.92 Å². The first-order chi connectivity index (χ1) is 11.1. The van der Waals surface area contributed by atoms with Crippen molar-refractivity contribution in [2.75, 3.05) is 25.6 Å². The third kappa shape index (κ3) is 4.65. The molecule has 0 unspecified atom stereocenters. The van der Waals surface area contributed by atoms with Crippen LogP contribution in [-0.4, -0.2) is 35.8 Å². The average Bonchev–Trinajstić information content (AvgIpc) is 2.55. The van der Waals surface area contributed by atoms with E-state index in [9.17, 15) is 9.59 Å². The van der Waals surface area contributed by atoms with Crippen molar-refractivity contribution in [1.82, 2.24) is 9.55 Å². The van der Waals surface area contributed by atoms with Gasteiger partial charge in [0.2, 0.25) is 5.43 Å². The molecule has 2 rings (SSSR count). The van der Waals surface area contributed by atoms with E-state index in [1.165, 1.54) is 6.07 Å². The smallest absolute Gasteiger partial charge is 0.262 e. The summed E-state index contributed by atoms with van der Waals surface area (Å²) < 4.78 is 12.3. The summed E-state index contributed by atoms with van der Waals surface area (Å²) in [6.07, 6.45) is 4.83. The molecule has 2 aromatic heterocycles. The summed E-state index contributed by atoms with van der Waals surface area (Å²) >= 11 is 0. The van der Waals surface area contributed by atoms with Crippen LogP contribution in [0.1, 0.15) is 5.69 Å². The summed E-state index contributed by atoms with van der Waals surface area (Å²) in [6.45, 7) is 2.65. The minimum absolute atomic E-state index is 0.175. The van der Waals surface area contributed by atoms with Gasteiger partial charge in [0.15, 0.2) is 12.4 Å². The number of ether oxygens (including phenoxy) is 2. The lowest BCUT2D eigenvalue weighted by molar-refractivity contribution is -0.118. The van der Waals surface area contributed by atoms with E-state index in [0.717, 1.165) is 0 Å². The lowest BCUT2D eigenvalue weighted by Gasteiger charge is -2.14. The molecule has 122 valence electrons. The molecule has 0 saturated heterocycles. The second-order valence-electron chi connectivity index (χ2n) is 4.85. The Morgan fingerprint density at radius 2 is 2.04 bits per heavy atom. The van der Waals surface area contributed by atoms with E-state index in [4.69, 9.17) is 9.47 Å². The molecule has 0 fully saturated rings. The Balaban J connectivity index is 2.02. The van der Waals surface area contributed by atoms with Crippen molar-refractivity contribution in [3.8, 4) is 5.75 Å². The molecule has 2 aromatic rings. The van der Waals surface area contributed by atoms with Crippen LogP contribution in [-0.2, 0) is 16.1 Å². The van der Waals surface area contributed by atoms with Crippen LogP contribution in [0.3, 0.4) is 0 Å². The Bertz CT molecular complexity index is 713. The zero-order valence-electron chi connectivity index (χ0n) is 13.1. The summed E-state index contributed by atoms with van der Waals surface area (Å²) in [5, 5.41) is 2.67. The molecule has 0 aliphatic rings. The summed E-state index contributed by atoms with van der Waals surface area (Å²) in [6, 6.07) is 4.76. The number of amides is 1. The van der Waals surface area contributed by atoms with Crippen LogP contribution in [0.4, 0.5) is 5.69 Å². The zero-order valence-corrected chi connectivity index (χ0v) is 13.1. The van der Waals surface area contributed by atoms with Gasteiger partial charge in [-0.1, -0.05) is 0 Å². The molecule has 7 heteroatoms. The molecule has 0 spiro atoms. The van der Waals surface area contributed by atoms with E-state index in [0.29, 0.717) is 24.5 Å². The fourth-order valence-corrected chi connectivity index (χ4v) is 2.03. The SMILES string of the molecule is COCCn1ccc(=O)c(OCC(=O)Nc2ccncc2)c1C. The van der Waals surface area contributed by atoms with Gasteiger partial charge in [-0.15, -0.1) is 0 Å². The van der Waals surface area contributed by atoms with E-state index in [1.807, 2.05) is 4.57 Å². The number of anilines is 1. The van der Waals surface area contributed by atoms with Crippen LogP contribution < -0.4 is 15.5 Å². The van der Waals surface area contributed by atoms with Gasteiger partial charge in [0, 0.05) is 44.0 Å². The van der Waals surface area contributed by atoms with E-state index in [2.05, 4.69) is 10.3 Å². The molecule has 23 heavy (non-hydrogen) atoms.